The Morgan fingerprint density at radius 2 is 1.58 bits per heavy atom. The number of nitrogens with one attached hydrogen (secondary N) is 1. The van der Waals surface area contributed by atoms with Crippen molar-refractivity contribution in [1.82, 2.24) is 10.2 Å². The predicted octanol–water partition coefficient (Wildman–Crippen LogP) is 1.87. The van der Waals surface area contributed by atoms with Crippen molar-refractivity contribution >= 4 is 11.9 Å². The van der Waals surface area contributed by atoms with E-state index < -0.39 is 11.5 Å². The van der Waals surface area contributed by atoms with Gasteiger partial charge in [-0.05, 0) is 26.7 Å². The van der Waals surface area contributed by atoms with Gasteiger partial charge in [0.25, 0.3) is 0 Å². The second kappa shape index (κ2) is 8.91. The molecule has 0 saturated heterocycles. The predicted molar refractivity (Wildman–Crippen MR) is 76.1 cm³/mol. The summed E-state index contributed by atoms with van der Waals surface area (Å²) in [5.41, 5.74) is -1.07. The van der Waals surface area contributed by atoms with Gasteiger partial charge in [-0.1, -0.05) is 26.7 Å². The van der Waals surface area contributed by atoms with Crippen LogP contribution in [-0.2, 0) is 9.59 Å². The quantitative estimate of drug-likeness (QED) is 0.637. The molecule has 0 aromatic heterocycles. The van der Waals surface area contributed by atoms with Crippen LogP contribution < -0.4 is 5.32 Å². The van der Waals surface area contributed by atoms with Crippen molar-refractivity contribution in [3.8, 4) is 0 Å². The highest BCUT2D eigenvalue weighted by Crippen LogP contribution is 2.03. The van der Waals surface area contributed by atoms with Crippen LogP contribution in [0.15, 0.2) is 0 Å². The number of carboxylic acids is 1. The fraction of sp³-hybridized carbons (Fsp3) is 0.857. The van der Waals surface area contributed by atoms with Crippen LogP contribution in [-0.4, -0.2) is 47.1 Å². The number of amides is 1. The van der Waals surface area contributed by atoms with Gasteiger partial charge in [-0.15, -0.1) is 0 Å². The van der Waals surface area contributed by atoms with Crippen LogP contribution in [0.2, 0.25) is 0 Å². The molecule has 0 fully saturated rings. The molecular formula is C14H28N2O3. The monoisotopic (exact) mass is 272 g/mol. The summed E-state index contributed by atoms with van der Waals surface area (Å²) in [6, 6.07) is 0. The van der Waals surface area contributed by atoms with Crippen LogP contribution in [0, 0.1) is 0 Å². The van der Waals surface area contributed by atoms with E-state index in [4.69, 9.17) is 5.11 Å². The second-order valence-electron chi connectivity index (χ2n) is 5.37. The third-order valence-electron chi connectivity index (χ3n) is 3.13. The van der Waals surface area contributed by atoms with E-state index in [1.165, 1.54) is 0 Å². The Morgan fingerprint density at radius 1 is 1.11 bits per heavy atom. The maximum Gasteiger partial charge on any atom is 0.323 e. The van der Waals surface area contributed by atoms with E-state index in [0.29, 0.717) is 0 Å². The van der Waals surface area contributed by atoms with Crippen molar-refractivity contribution in [1.29, 1.82) is 0 Å². The Labute approximate surface area is 116 Å². The Balaban J connectivity index is 4.34. The molecule has 0 spiro atoms. The third-order valence-corrected chi connectivity index (χ3v) is 3.13. The zero-order valence-electron chi connectivity index (χ0n) is 12.7. The second-order valence-corrected chi connectivity index (χ2v) is 5.37. The highest BCUT2D eigenvalue weighted by molar-refractivity contribution is 5.81. The zero-order chi connectivity index (χ0) is 14.9. The van der Waals surface area contributed by atoms with Crippen molar-refractivity contribution in [3.63, 3.8) is 0 Å². The van der Waals surface area contributed by atoms with E-state index >= 15 is 0 Å². The van der Waals surface area contributed by atoms with Gasteiger partial charge in [0.1, 0.15) is 5.54 Å². The van der Waals surface area contributed by atoms with E-state index in [1.807, 2.05) is 4.90 Å². The SMILES string of the molecule is CCCCN(CCCC)C(=O)CNC(C)(C)C(=O)O. The van der Waals surface area contributed by atoms with Crippen LogP contribution >= 0.6 is 0 Å². The Kier molecular flexibility index (Phi) is 8.39. The first-order chi connectivity index (χ1) is 8.85. The molecule has 5 heteroatoms. The van der Waals surface area contributed by atoms with Gasteiger partial charge in [-0.2, -0.15) is 0 Å². The molecule has 0 radical (unpaired) electrons. The smallest absolute Gasteiger partial charge is 0.323 e. The Hall–Kier alpha value is -1.10. The number of hydrogen-bond acceptors (Lipinski definition) is 3. The molecule has 1 amide bonds. The van der Waals surface area contributed by atoms with Gasteiger partial charge in [0, 0.05) is 13.1 Å². The van der Waals surface area contributed by atoms with E-state index in [0.717, 1.165) is 38.8 Å². The zero-order valence-corrected chi connectivity index (χ0v) is 12.7. The molecular weight excluding hydrogens is 244 g/mol. The molecule has 0 aliphatic carbocycles. The van der Waals surface area contributed by atoms with Crippen LogP contribution in [0.1, 0.15) is 53.4 Å². The van der Waals surface area contributed by atoms with Gasteiger partial charge in [0.2, 0.25) is 5.91 Å². The van der Waals surface area contributed by atoms with E-state index in [9.17, 15) is 9.59 Å². The van der Waals surface area contributed by atoms with Crippen LogP contribution in [0.3, 0.4) is 0 Å². The highest BCUT2D eigenvalue weighted by atomic mass is 16.4. The maximum atomic E-state index is 12.1. The van der Waals surface area contributed by atoms with Crippen molar-refractivity contribution in [2.24, 2.45) is 0 Å². The molecule has 0 unspecified atom stereocenters. The number of carboxylic acid groups (broad SMARTS) is 1. The summed E-state index contributed by atoms with van der Waals surface area (Å²) in [5.74, 6) is -0.967. The highest BCUT2D eigenvalue weighted by Gasteiger charge is 2.27. The lowest BCUT2D eigenvalue weighted by molar-refractivity contribution is -0.143. The molecule has 19 heavy (non-hydrogen) atoms. The molecule has 0 aromatic carbocycles. The summed E-state index contributed by atoms with van der Waals surface area (Å²) in [7, 11) is 0. The van der Waals surface area contributed by atoms with Gasteiger partial charge >= 0.3 is 5.97 Å². The lowest BCUT2D eigenvalue weighted by Gasteiger charge is -2.26. The van der Waals surface area contributed by atoms with Gasteiger partial charge in [0.15, 0.2) is 0 Å². The van der Waals surface area contributed by atoms with Crippen LogP contribution in [0.25, 0.3) is 0 Å². The average Bonchev–Trinajstić information content (AvgIpc) is 2.36. The molecule has 0 aliphatic heterocycles. The molecule has 0 aliphatic rings. The number of hydrogen-bond donors (Lipinski definition) is 2. The van der Waals surface area contributed by atoms with E-state index in [1.54, 1.807) is 13.8 Å². The number of carbonyl (C=O) groups excluding carboxylic acids is 1. The van der Waals surface area contributed by atoms with Crippen molar-refractivity contribution < 1.29 is 14.7 Å². The number of carbonyl (C=O) groups is 2. The summed E-state index contributed by atoms with van der Waals surface area (Å²) >= 11 is 0. The van der Waals surface area contributed by atoms with Crippen molar-refractivity contribution in [2.75, 3.05) is 19.6 Å². The first-order valence-electron chi connectivity index (χ1n) is 7.11. The minimum Gasteiger partial charge on any atom is -0.480 e. The molecule has 0 aromatic rings. The lowest BCUT2D eigenvalue weighted by Crippen LogP contribution is -2.51. The summed E-state index contributed by atoms with van der Waals surface area (Å²) in [5, 5.41) is 11.8. The summed E-state index contributed by atoms with van der Waals surface area (Å²) in [6.07, 6.45) is 4.06. The standard InChI is InChI=1S/C14H28N2O3/c1-5-7-9-16(10-8-6-2)12(17)11-15-14(3,4)13(18)19/h15H,5-11H2,1-4H3,(H,18,19). The molecule has 112 valence electrons. The average molecular weight is 272 g/mol. The first kappa shape index (κ1) is 17.9. The van der Waals surface area contributed by atoms with Crippen molar-refractivity contribution in [3.05, 3.63) is 0 Å². The van der Waals surface area contributed by atoms with E-state index in [-0.39, 0.29) is 12.5 Å². The van der Waals surface area contributed by atoms with Crippen LogP contribution in [0.5, 0.6) is 0 Å². The molecule has 0 saturated carbocycles. The topological polar surface area (TPSA) is 69.6 Å². The van der Waals surface area contributed by atoms with Gasteiger partial charge in [-0.3, -0.25) is 14.9 Å². The van der Waals surface area contributed by atoms with Gasteiger partial charge < -0.3 is 10.0 Å². The fourth-order valence-corrected chi connectivity index (χ4v) is 1.54. The lowest BCUT2D eigenvalue weighted by atomic mass is 10.1. The number of aliphatic carboxylic acids is 1. The number of unbranched alkanes of at least 4 members (excludes halogenated alkanes) is 2. The van der Waals surface area contributed by atoms with Crippen LogP contribution in [0.4, 0.5) is 0 Å². The Bertz CT molecular complexity index is 282. The molecule has 0 atom stereocenters. The largest absolute Gasteiger partial charge is 0.480 e. The number of rotatable bonds is 10. The number of nitrogens with zero attached hydrogens (tertiary/aromatic N) is 1. The molecule has 0 rings (SSSR count). The van der Waals surface area contributed by atoms with Gasteiger partial charge in [0.05, 0.1) is 6.54 Å². The Morgan fingerprint density at radius 3 is 1.95 bits per heavy atom. The fourth-order valence-electron chi connectivity index (χ4n) is 1.54. The molecule has 5 nitrogen and oxygen atoms in total. The molecule has 2 N–H and O–H groups in total. The normalized spacial score (nSPS) is 11.4. The van der Waals surface area contributed by atoms with Gasteiger partial charge in [-0.25, -0.2) is 0 Å². The summed E-state index contributed by atoms with van der Waals surface area (Å²) < 4.78 is 0. The first-order valence-corrected chi connectivity index (χ1v) is 7.11. The van der Waals surface area contributed by atoms with E-state index in [2.05, 4.69) is 19.2 Å². The van der Waals surface area contributed by atoms with Crippen molar-refractivity contribution in [2.45, 2.75) is 58.9 Å². The summed E-state index contributed by atoms with van der Waals surface area (Å²) in [4.78, 5) is 24.9. The minimum atomic E-state index is -1.07. The molecule has 0 bridgehead atoms. The minimum absolute atomic E-state index is 0.0174. The third kappa shape index (κ3) is 7.15. The maximum absolute atomic E-state index is 12.1. The molecule has 0 heterocycles. The summed E-state index contributed by atoms with van der Waals surface area (Å²) in [6.45, 7) is 8.89.